The molecule has 0 aliphatic carbocycles. The maximum absolute atomic E-state index is 12.2. The van der Waals surface area contributed by atoms with E-state index in [2.05, 4.69) is 10.6 Å². The highest BCUT2D eigenvalue weighted by Gasteiger charge is 2.30. The van der Waals surface area contributed by atoms with E-state index in [1.54, 1.807) is 41.3 Å². The van der Waals surface area contributed by atoms with Gasteiger partial charge in [0.15, 0.2) is 12.4 Å². The van der Waals surface area contributed by atoms with E-state index in [9.17, 15) is 19.2 Å². The number of likely N-dealkylation sites (tertiary alicyclic amines) is 1. The molecule has 0 spiro atoms. The smallest absolute Gasteiger partial charge is 0.325 e. The average molecular weight is 429 g/mol. The second-order valence-corrected chi connectivity index (χ2v) is 6.88. The highest BCUT2D eigenvalue weighted by atomic mass is 16.5. The first-order chi connectivity index (χ1) is 15.0. The molecule has 1 aromatic carbocycles. The zero-order chi connectivity index (χ0) is 22.2. The molecule has 0 atom stereocenters. The maximum atomic E-state index is 12.2. The fourth-order valence-corrected chi connectivity index (χ4v) is 3.13. The van der Waals surface area contributed by atoms with Gasteiger partial charge < -0.3 is 24.1 Å². The van der Waals surface area contributed by atoms with Crippen LogP contribution in [0.25, 0.3) is 0 Å². The van der Waals surface area contributed by atoms with E-state index in [1.165, 1.54) is 13.4 Å². The molecule has 1 fully saturated rings. The Morgan fingerprint density at radius 3 is 2.42 bits per heavy atom. The van der Waals surface area contributed by atoms with Crippen molar-refractivity contribution < 1.29 is 33.1 Å². The van der Waals surface area contributed by atoms with Crippen LogP contribution in [0.15, 0.2) is 47.1 Å². The monoisotopic (exact) mass is 429 g/mol. The Labute approximate surface area is 178 Å². The van der Waals surface area contributed by atoms with E-state index in [-0.39, 0.29) is 11.7 Å². The van der Waals surface area contributed by atoms with Crippen molar-refractivity contribution in [3.05, 3.63) is 48.4 Å². The molecule has 1 aliphatic rings. The Morgan fingerprint density at radius 2 is 1.81 bits per heavy atom. The Kier molecular flexibility index (Phi) is 7.26. The molecule has 0 bridgehead atoms. The van der Waals surface area contributed by atoms with E-state index in [0.29, 0.717) is 37.4 Å². The Hall–Kier alpha value is -3.82. The van der Waals surface area contributed by atoms with Crippen LogP contribution < -0.4 is 15.4 Å². The summed E-state index contributed by atoms with van der Waals surface area (Å²) in [6.07, 6.45) is 2.27. The van der Waals surface area contributed by atoms with Gasteiger partial charge in [-0.15, -0.1) is 0 Å². The lowest BCUT2D eigenvalue weighted by atomic mass is 9.97. The van der Waals surface area contributed by atoms with Gasteiger partial charge in [0, 0.05) is 18.8 Å². The summed E-state index contributed by atoms with van der Waals surface area (Å²) in [4.78, 5) is 49.8. The third kappa shape index (κ3) is 6.08. The van der Waals surface area contributed by atoms with Crippen LogP contribution in [0.4, 0.5) is 10.5 Å². The number of ether oxygens (including phenoxy) is 2. The maximum Gasteiger partial charge on any atom is 0.325 e. The van der Waals surface area contributed by atoms with E-state index in [4.69, 9.17) is 13.9 Å². The molecule has 4 amide bonds. The quantitative estimate of drug-likeness (QED) is 0.673. The molecule has 0 unspecified atom stereocenters. The molecule has 3 rings (SSSR count). The number of anilines is 1. The number of imide groups is 1. The van der Waals surface area contributed by atoms with E-state index in [1.807, 2.05) is 0 Å². The molecule has 0 radical (unpaired) electrons. The standard InChI is InChI=1S/C21H23N3O7/c1-29-16-6-4-15(5-7-16)22-21(28)23-18(25)13-31-20(27)14-8-10-24(11-9-14)19(26)17-3-2-12-30-17/h2-7,12,14H,8-11,13H2,1H3,(H2,22,23,25,28). The van der Waals surface area contributed by atoms with Gasteiger partial charge in [0.2, 0.25) is 0 Å². The molecular weight excluding hydrogens is 406 g/mol. The largest absolute Gasteiger partial charge is 0.497 e. The van der Waals surface area contributed by atoms with Crippen LogP contribution in [0.3, 0.4) is 0 Å². The predicted molar refractivity (Wildman–Crippen MR) is 108 cm³/mol. The summed E-state index contributed by atoms with van der Waals surface area (Å²) in [6, 6.07) is 9.04. The van der Waals surface area contributed by atoms with E-state index in [0.717, 1.165) is 0 Å². The lowest BCUT2D eigenvalue weighted by Crippen LogP contribution is -2.41. The van der Waals surface area contributed by atoms with Gasteiger partial charge in [0.1, 0.15) is 5.75 Å². The molecule has 2 heterocycles. The van der Waals surface area contributed by atoms with Crippen molar-refractivity contribution in [3.8, 4) is 5.75 Å². The average Bonchev–Trinajstić information content (AvgIpc) is 3.32. The number of piperidine rings is 1. The number of methoxy groups -OCH3 is 1. The molecule has 2 N–H and O–H groups in total. The fourth-order valence-electron chi connectivity index (χ4n) is 3.13. The minimum absolute atomic E-state index is 0.223. The van der Waals surface area contributed by atoms with Crippen molar-refractivity contribution in [2.24, 2.45) is 5.92 Å². The Morgan fingerprint density at radius 1 is 1.10 bits per heavy atom. The summed E-state index contributed by atoms with van der Waals surface area (Å²) >= 11 is 0. The van der Waals surface area contributed by atoms with Gasteiger partial charge in [-0.2, -0.15) is 0 Å². The number of rotatable bonds is 6. The number of carbonyl (C=O) groups is 4. The van der Waals surface area contributed by atoms with Gasteiger partial charge in [0.25, 0.3) is 11.8 Å². The van der Waals surface area contributed by atoms with Gasteiger partial charge in [-0.3, -0.25) is 19.7 Å². The zero-order valence-electron chi connectivity index (χ0n) is 17.0. The van der Waals surface area contributed by atoms with Crippen molar-refractivity contribution in [2.45, 2.75) is 12.8 Å². The van der Waals surface area contributed by atoms with E-state index >= 15 is 0 Å². The van der Waals surface area contributed by atoms with Crippen molar-refractivity contribution >= 4 is 29.5 Å². The number of nitrogens with one attached hydrogen (secondary N) is 2. The highest BCUT2D eigenvalue weighted by molar-refractivity contribution is 6.01. The summed E-state index contributed by atoms with van der Waals surface area (Å²) in [7, 11) is 1.53. The van der Waals surface area contributed by atoms with Crippen LogP contribution in [0.2, 0.25) is 0 Å². The number of hydrogen-bond acceptors (Lipinski definition) is 7. The lowest BCUT2D eigenvalue weighted by Gasteiger charge is -2.30. The second-order valence-electron chi connectivity index (χ2n) is 6.88. The van der Waals surface area contributed by atoms with Crippen LogP contribution in [-0.4, -0.2) is 55.5 Å². The number of esters is 1. The minimum Gasteiger partial charge on any atom is -0.497 e. The lowest BCUT2D eigenvalue weighted by molar-refractivity contribution is -0.153. The van der Waals surface area contributed by atoms with Gasteiger partial charge in [-0.1, -0.05) is 0 Å². The summed E-state index contributed by atoms with van der Waals surface area (Å²) in [5.74, 6) is -1.03. The highest BCUT2D eigenvalue weighted by Crippen LogP contribution is 2.20. The molecule has 1 aromatic heterocycles. The SMILES string of the molecule is COc1ccc(NC(=O)NC(=O)COC(=O)C2CCN(C(=O)c3ccco3)CC2)cc1. The minimum atomic E-state index is -0.746. The van der Waals surface area contributed by atoms with Crippen molar-refractivity contribution in [2.75, 3.05) is 32.1 Å². The molecule has 10 nitrogen and oxygen atoms in total. The summed E-state index contributed by atoms with van der Waals surface area (Å²) in [5, 5.41) is 4.58. The number of nitrogens with zero attached hydrogens (tertiary/aromatic N) is 1. The van der Waals surface area contributed by atoms with Crippen LogP contribution in [0, 0.1) is 5.92 Å². The first-order valence-corrected chi connectivity index (χ1v) is 9.70. The number of amides is 4. The molecule has 2 aromatic rings. The van der Waals surface area contributed by atoms with Crippen molar-refractivity contribution in [1.29, 1.82) is 0 Å². The number of carbonyl (C=O) groups excluding carboxylic acids is 4. The van der Waals surface area contributed by atoms with Gasteiger partial charge in [-0.25, -0.2) is 4.79 Å². The number of benzene rings is 1. The van der Waals surface area contributed by atoms with Crippen molar-refractivity contribution in [3.63, 3.8) is 0 Å². The van der Waals surface area contributed by atoms with Gasteiger partial charge >= 0.3 is 12.0 Å². The molecular formula is C21H23N3O7. The first-order valence-electron chi connectivity index (χ1n) is 9.70. The predicted octanol–water partition coefficient (Wildman–Crippen LogP) is 2.03. The van der Waals surface area contributed by atoms with Crippen molar-refractivity contribution in [1.82, 2.24) is 10.2 Å². The molecule has 0 saturated carbocycles. The molecule has 164 valence electrons. The summed E-state index contributed by atoms with van der Waals surface area (Å²) in [6.45, 7) is 0.200. The Balaban J connectivity index is 1.36. The summed E-state index contributed by atoms with van der Waals surface area (Å²) in [5.41, 5.74) is 0.471. The number of hydrogen-bond donors (Lipinski definition) is 2. The summed E-state index contributed by atoms with van der Waals surface area (Å²) < 4.78 is 15.1. The van der Waals surface area contributed by atoms with Gasteiger partial charge in [0.05, 0.1) is 19.3 Å². The van der Waals surface area contributed by atoms with E-state index < -0.39 is 30.4 Å². The Bertz CT molecular complexity index is 917. The topological polar surface area (TPSA) is 127 Å². The third-order valence-electron chi connectivity index (χ3n) is 4.79. The van der Waals surface area contributed by atoms with Crippen LogP contribution in [0.5, 0.6) is 5.75 Å². The zero-order valence-corrected chi connectivity index (χ0v) is 17.0. The molecule has 31 heavy (non-hydrogen) atoms. The fraction of sp³-hybridized carbons (Fsp3) is 0.333. The molecule has 10 heteroatoms. The van der Waals surface area contributed by atoms with Crippen LogP contribution >= 0.6 is 0 Å². The normalized spacial score (nSPS) is 13.9. The van der Waals surface area contributed by atoms with Crippen LogP contribution in [0.1, 0.15) is 23.4 Å². The van der Waals surface area contributed by atoms with Gasteiger partial charge in [-0.05, 0) is 49.2 Å². The second kappa shape index (κ2) is 10.3. The van der Waals surface area contributed by atoms with Crippen LogP contribution in [-0.2, 0) is 14.3 Å². The first kappa shape index (κ1) is 21.9. The molecule has 1 aliphatic heterocycles. The third-order valence-corrected chi connectivity index (χ3v) is 4.79. The number of furan rings is 1. The number of urea groups is 1. The molecule has 1 saturated heterocycles.